The van der Waals surface area contributed by atoms with Gasteiger partial charge >= 0.3 is 0 Å². The van der Waals surface area contributed by atoms with Gasteiger partial charge in [0.05, 0.1) is 16.5 Å². The summed E-state index contributed by atoms with van der Waals surface area (Å²) in [6.07, 6.45) is 3.02. The van der Waals surface area contributed by atoms with Gasteiger partial charge in [0.2, 0.25) is 0 Å². The number of fused-ring (bicyclic) bond motifs is 1. The van der Waals surface area contributed by atoms with Crippen LogP contribution >= 0.6 is 27.5 Å². The van der Waals surface area contributed by atoms with Crippen LogP contribution in [0.25, 0.3) is 0 Å². The van der Waals surface area contributed by atoms with Gasteiger partial charge in [0, 0.05) is 6.54 Å². The molecule has 94 valence electrons. The van der Waals surface area contributed by atoms with Crippen molar-refractivity contribution in [2.45, 2.75) is 12.8 Å². The number of benzene rings is 1. The number of aryl methyl sites for hydroxylation is 1. The molecule has 0 aliphatic carbocycles. The first kappa shape index (κ1) is 14.4. The number of nitrogens with zero attached hydrogens (tertiary/aromatic N) is 1. The standard InChI is InChI=1S/C10H9BrClFN2.CH5N/c11-7-4-6-2-1-3-15(5-14)10(6)8(12)9(7)13;1-2/h4-5,14H,1-3H2;2H2,1H3. The number of nitrogens with one attached hydrogen (secondary N) is 1. The van der Waals surface area contributed by atoms with E-state index in [1.165, 1.54) is 13.4 Å². The molecule has 3 nitrogen and oxygen atoms in total. The largest absolute Gasteiger partial charge is 0.333 e. The predicted molar refractivity (Wildman–Crippen MR) is 73.7 cm³/mol. The fraction of sp³-hybridized carbons (Fsp3) is 0.364. The third-order valence-corrected chi connectivity index (χ3v) is 3.43. The van der Waals surface area contributed by atoms with Crippen LogP contribution < -0.4 is 10.6 Å². The zero-order chi connectivity index (χ0) is 13.0. The van der Waals surface area contributed by atoms with E-state index in [1.54, 1.807) is 11.0 Å². The molecule has 3 N–H and O–H groups in total. The van der Waals surface area contributed by atoms with Crippen molar-refractivity contribution in [2.75, 3.05) is 18.5 Å². The number of halogens is 3. The second-order valence-electron chi connectivity index (χ2n) is 3.42. The van der Waals surface area contributed by atoms with E-state index in [0.717, 1.165) is 24.9 Å². The Morgan fingerprint density at radius 2 is 2.24 bits per heavy atom. The van der Waals surface area contributed by atoms with Crippen molar-refractivity contribution >= 4 is 39.6 Å². The van der Waals surface area contributed by atoms with E-state index < -0.39 is 5.82 Å². The number of hydrogen-bond acceptors (Lipinski definition) is 2. The average Bonchev–Trinajstić information content (AvgIpc) is 2.37. The van der Waals surface area contributed by atoms with Crippen molar-refractivity contribution in [3.63, 3.8) is 0 Å². The van der Waals surface area contributed by atoms with Gasteiger partial charge in [0.1, 0.15) is 5.02 Å². The molecule has 1 aromatic rings. The lowest BCUT2D eigenvalue weighted by molar-refractivity contribution is 0.618. The second kappa shape index (κ2) is 6.33. The maximum absolute atomic E-state index is 13.5. The maximum Gasteiger partial charge on any atom is 0.158 e. The van der Waals surface area contributed by atoms with Crippen molar-refractivity contribution in [2.24, 2.45) is 5.73 Å². The highest BCUT2D eigenvalue weighted by atomic mass is 79.9. The Morgan fingerprint density at radius 3 is 2.82 bits per heavy atom. The van der Waals surface area contributed by atoms with Gasteiger partial charge in [-0.15, -0.1) is 0 Å². The Labute approximate surface area is 113 Å². The van der Waals surface area contributed by atoms with Gasteiger partial charge in [-0.05, 0) is 47.4 Å². The summed E-state index contributed by atoms with van der Waals surface area (Å²) in [5.41, 5.74) is 6.13. The zero-order valence-corrected chi connectivity index (χ0v) is 11.8. The molecule has 1 aromatic carbocycles. The summed E-state index contributed by atoms with van der Waals surface area (Å²) < 4.78 is 13.9. The molecule has 1 aliphatic heterocycles. The molecule has 6 heteroatoms. The summed E-state index contributed by atoms with van der Waals surface area (Å²) in [7, 11) is 1.50. The van der Waals surface area contributed by atoms with Gasteiger partial charge in [-0.2, -0.15) is 0 Å². The van der Waals surface area contributed by atoms with Crippen LogP contribution in [0.5, 0.6) is 0 Å². The smallest absolute Gasteiger partial charge is 0.158 e. The molecule has 0 aromatic heterocycles. The molecule has 0 saturated heterocycles. The van der Waals surface area contributed by atoms with E-state index >= 15 is 0 Å². The maximum atomic E-state index is 13.5. The van der Waals surface area contributed by atoms with Crippen LogP contribution in [0.3, 0.4) is 0 Å². The molecule has 0 atom stereocenters. The molecule has 0 bridgehead atoms. The molecule has 0 fully saturated rings. The Kier molecular flexibility index (Phi) is 5.36. The molecule has 2 rings (SSSR count). The molecule has 0 saturated carbocycles. The quantitative estimate of drug-likeness (QED) is 0.474. The van der Waals surface area contributed by atoms with Gasteiger partial charge < -0.3 is 10.6 Å². The Bertz CT molecular complexity index is 426. The minimum Gasteiger partial charge on any atom is -0.333 e. The van der Waals surface area contributed by atoms with Crippen molar-refractivity contribution in [3.8, 4) is 0 Å². The van der Waals surface area contributed by atoms with E-state index in [0.29, 0.717) is 10.2 Å². The predicted octanol–water partition coefficient (Wildman–Crippen LogP) is 3.18. The summed E-state index contributed by atoms with van der Waals surface area (Å²) in [6, 6.07) is 1.74. The normalized spacial score (nSPS) is 13.6. The summed E-state index contributed by atoms with van der Waals surface area (Å²) in [5, 5.41) is 7.36. The fourth-order valence-corrected chi connectivity index (χ4v) is 2.74. The first-order chi connectivity index (χ1) is 8.15. The number of rotatable bonds is 1. The van der Waals surface area contributed by atoms with Crippen LogP contribution in [0, 0.1) is 11.2 Å². The van der Waals surface area contributed by atoms with Crippen molar-refractivity contribution in [3.05, 3.63) is 26.9 Å². The molecule has 17 heavy (non-hydrogen) atoms. The summed E-state index contributed by atoms with van der Waals surface area (Å²) >= 11 is 9.07. The zero-order valence-electron chi connectivity index (χ0n) is 9.43. The topological polar surface area (TPSA) is 53.1 Å². The highest BCUT2D eigenvalue weighted by molar-refractivity contribution is 9.10. The van der Waals surface area contributed by atoms with Gasteiger partial charge in [-0.3, -0.25) is 5.41 Å². The molecular weight excluding hydrogens is 308 g/mol. The molecule has 0 spiro atoms. The molecule has 0 unspecified atom stereocenters. The highest BCUT2D eigenvalue weighted by Crippen LogP contribution is 2.38. The first-order valence-corrected chi connectivity index (χ1v) is 6.33. The minimum absolute atomic E-state index is 0.0996. The van der Waals surface area contributed by atoms with Gasteiger partial charge in [0.15, 0.2) is 5.82 Å². The van der Waals surface area contributed by atoms with Crippen molar-refractivity contribution in [1.29, 1.82) is 5.41 Å². The summed E-state index contributed by atoms with van der Waals surface area (Å²) in [4.78, 5) is 1.68. The Morgan fingerprint density at radius 1 is 1.59 bits per heavy atom. The lowest BCUT2D eigenvalue weighted by atomic mass is 10.0. The van der Waals surface area contributed by atoms with E-state index in [1.807, 2.05) is 0 Å². The van der Waals surface area contributed by atoms with Crippen LogP contribution in [-0.2, 0) is 6.42 Å². The number of anilines is 1. The molecule has 0 radical (unpaired) electrons. The highest BCUT2D eigenvalue weighted by Gasteiger charge is 2.22. The molecule has 0 amide bonds. The van der Waals surface area contributed by atoms with E-state index in [9.17, 15) is 4.39 Å². The molecule has 1 heterocycles. The third-order valence-electron chi connectivity index (χ3n) is 2.50. The molecular formula is C11H14BrClFN3. The van der Waals surface area contributed by atoms with Crippen LogP contribution in [0.15, 0.2) is 10.5 Å². The third kappa shape index (κ3) is 2.78. The Balaban J connectivity index is 0.000000686. The minimum atomic E-state index is -0.454. The van der Waals surface area contributed by atoms with Crippen LogP contribution in [0.4, 0.5) is 10.1 Å². The van der Waals surface area contributed by atoms with E-state index in [4.69, 9.17) is 17.0 Å². The van der Waals surface area contributed by atoms with Crippen LogP contribution in [0.2, 0.25) is 5.02 Å². The van der Waals surface area contributed by atoms with Gasteiger partial charge in [-0.25, -0.2) is 4.39 Å². The summed E-state index contributed by atoms with van der Waals surface area (Å²) in [5.74, 6) is -0.454. The van der Waals surface area contributed by atoms with Crippen molar-refractivity contribution in [1.82, 2.24) is 0 Å². The van der Waals surface area contributed by atoms with Gasteiger partial charge in [0.25, 0.3) is 0 Å². The number of hydrogen-bond donors (Lipinski definition) is 2. The van der Waals surface area contributed by atoms with Crippen LogP contribution in [0.1, 0.15) is 12.0 Å². The SMILES string of the molecule is CN.N=CN1CCCc2cc(Br)c(F)c(Cl)c21. The fourth-order valence-electron chi connectivity index (χ4n) is 1.82. The second-order valence-corrected chi connectivity index (χ2v) is 4.65. The first-order valence-electron chi connectivity index (χ1n) is 5.16. The average molecular weight is 323 g/mol. The number of nitrogens with two attached hydrogens (primary N) is 1. The van der Waals surface area contributed by atoms with Gasteiger partial charge in [-0.1, -0.05) is 11.6 Å². The van der Waals surface area contributed by atoms with E-state index in [2.05, 4.69) is 21.7 Å². The van der Waals surface area contributed by atoms with Crippen molar-refractivity contribution < 1.29 is 4.39 Å². The molecule has 1 aliphatic rings. The monoisotopic (exact) mass is 321 g/mol. The Hall–Kier alpha value is -0.650. The van der Waals surface area contributed by atoms with E-state index in [-0.39, 0.29) is 5.02 Å². The lowest BCUT2D eigenvalue weighted by Gasteiger charge is -2.28. The van der Waals surface area contributed by atoms with Crippen LogP contribution in [-0.4, -0.2) is 19.9 Å². The lowest BCUT2D eigenvalue weighted by Crippen LogP contribution is -2.28. The summed E-state index contributed by atoms with van der Waals surface area (Å²) in [6.45, 7) is 0.720.